The first-order valence-electron chi connectivity index (χ1n) is 9.16. The number of allylic oxidation sites excluding steroid dienone is 4. The van der Waals surface area contributed by atoms with Gasteiger partial charge >= 0.3 is 5.97 Å². The molecular weight excluding hydrogens is 307 g/mol. The van der Waals surface area contributed by atoms with E-state index in [1.807, 2.05) is 13.0 Å². The van der Waals surface area contributed by atoms with Crippen LogP contribution < -0.4 is 0 Å². The zero-order valence-corrected chi connectivity index (χ0v) is 14.4. The SMILES string of the molecule is CC(=O)OC1=CC2=CCC3C(C2CC1)[C@@H](F)CC1(C)C(=O)CCC31. The number of hydrogen-bond donors (Lipinski definition) is 0. The van der Waals surface area contributed by atoms with Crippen molar-refractivity contribution in [3.63, 3.8) is 0 Å². The summed E-state index contributed by atoms with van der Waals surface area (Å²) in [5.74, 6) is 1.51. The molecule has 24 heavy (non-hydrogen) atoms. The molecular formula is C20H25FO3. The van der Waals surface area contributed by atoms with Crippen molar-refractivity contribution >= 4 is 11.8 Å². The van der Waals surface area contributed by atoms with Crippen LogP contribution in [0.4, 0.5) is 4.39 Å². The van der Waals surface area contributed by atoms with Crippen LogP contribution in [0.1, 0.15) is 52.4 Å². The molecule has 0 aliphatic heterocycles. The summed E-state index contributed by atoms with van der Waals surface area (Å²) in [4.78, 5) is 23.5. The Hall–Kier alpha value is -1.45. The number of hydrogen-bond acceptors (Lipinski definition) is 3. The molecule has 0 amide bonds. The van der Waals surface area contributed by atoms with E-state index in [0.717, 1.165) is 24.8 Å². The third-order valence-corrected chi connectivity index (χ3v) is 7.01. The zero-order valence-electron chi connectivity index (χ0n) is 14.4. The van der Waals surface area contributed by atoms with Gasteiger partial charge in [0.2, 0.25) is 0 Å². The van der Waals surface area contributed by atoms with E-state index in [2.05, 4.69) is 6.08 Å². The number of Topliss-reactive ketones (excluding diaryl/α,β-unsaturated/α-hetero) is 1. The third-order valence-electron chi connectivity index (χ3n) is 7.01. The number of fused-ring (bicyclic) bond motifs is 5. The molecule has 0 aromatic rings. The third kappa shape index (κ3) is 2.29. The summed E-state index contributed by atoms with van der Waals surface area (Å²) in [5.41, 5.74) is 0.689. The highest BCUT2D eigenvalue weighted by Gasteiger charge is 2.59. The van der Waals surface area contributed by atoms with Crippen LogP contribution >= 0.6 is 0 Å². The minimum absolute atomic E-state index is 0.0177. The number of esters is 1. The number of ketones is 1. The van der Waals surface area contributed by atoms with Gasteiger partial charge in [0.25, 0.3) is 0 Å². The van der Waals surface area contributed by atoms with Gasteiger partial charge in [-0.1, -0.05) is 13.0 Å². The Morgan fingerprint density at radius 1 is 1.33 bits per heavy atom. The van der Waals surface area contributed by atoms with E-state index in [9.17, 15) is 9.59 Å². The van der Waals surface area contributed by atoms with E-state index in [0.29, 0.717) is 30.9 Å². The molecule has 4 aliphatic rings. The minimum atomic E-state index is -0.907. The Bertz CT molecular complexity index is 649. The Morgan fingerprint density at radius 3 is 2.88 bits per heavy atom. The molecule has 5 unspecified atom stereocenters. The molecule has 4 rings (SSSR count). The quantitative estimate of drug-likeness (QED) is 0.678. The Labute approximate surface area is 142 Å². The van der Waals surface area contributed by atoms with Crippen molar-refractivity contribution in [2.75, 3.05) is 0 Å². The van der Waals surface area contributed by atoms with Gasteiger partial charge in [0.15, 0.2) is 0 Å². The highest BCUT2D eigenvalue weighted by molar-refractivity contribution is 5.87. The molecule has 0 heterocycles. The van der Waals surface area contributed by atoms with Crippen molar-refractivity contribution in [3.8, 4) is 0 Å². The van der Waals surface area contributed by atoms with Gasteiger partial charge in [0.05, 0.1) is 0 Å². The monoisotopic (exact) mass is 332 g/mol. The predicted molar refractivity (Wildman–Crippen MR) is 87.6 cm³/mol. The maximum absolute atomic E-state index is 15.2. The van der Waals surface area contributed by atoms with Gasteiger partial charge in [0.1, 0.15) is 17.7 Å². The van der Waals surface area contributed by atoms with Gasteiger partial charge in [-0.25, -0.2) is 4.39 Å². The van der Waals surface area contributed by atoms with Crippen LogP contribution in [0, 0.1) is 29.1 Å². The number of halogens is 1. The van der Waals surface area contributed by atoms with E-state index in [1.54, 1.807) is 0 Å². The summed E-state index contributed by atoms with van der Waals surface area (Å²) in [5, 5.41) is 0. The van der Waals surface area contributed by atoms with Crippen molar-refractivity contribution in [2.24, 2.45) is 29.1 Å². The van der Waals surface area contributed by atoms with Crippen LogP contribution in [0.25, 0.3) is 0 Å². The van der Waals surface area contributed by atoms with Crippen molar-refractivity contribution in [1.82, 2.24) is 0 Å². The van der Waals surface area contributed by atoms with Gasteiger partial charge in [0, 0.05) is 31.1 Å². The molecule has 2 fully saturated rings. The van der Waals surface area contributed by atoms with E-state index >= 15 is 4.39 Å². The minimum Gasteiger partial charge on any atom is -0.431 e. The second-order valence-electron chi connectivity index (χ2n) is 8.24. The molecule has 2 saturated carbocycles. The predicted octanol–water partition coefficient (Wildman–Crippen LogP) is 4.13. The molecule has 0 N–H and O–H groups in total. The highest BCUT2D eigenvalue weighted by atomic mass is 19.1. The number of carbonyl (C=O) groups is 2. The van der Waals surface area contributed by atoms with E-state index in [4.69, 9.17) is 4.74 Å². The van der Waals surface area contributed by atoms with Crippen LogP contribution in [-0.2, 0) is 14.3 Å². The van der Waals surface area contributed by atoms with Crippen molar-refractivity contribution in [1.29, 1.82) is 0 Å². The average Bonchev–Trinajstić information content (AvgIpc) is 2.81. The second kappa shape index (κ2) is 5.53. The summed E-state index contributed by atoms with van der Waals surface area (Å²) in [6, 6.07) is 0. The molecule has 0 spiro atoms. The van der Waals surface area contributed by atoms with Gasteiger partial charge in [-0.05, 0) is 55.1 Å². The maximum atomic E-state index is 15.2. The molecule has 0 aromatic carbocycles. The first kappa shape index (κ1) is 16.0. The zero-order chi connectivity index (χ0) is 17.1. The topological polar surface area (TPSA) is 43.4 Å². The number of carbonyl (C=O) groups excluding carboxylic acids is 2. The first-order valence-corrected chi connectivity index (χ1v) is 9.16. The molecule has 6 atom stereocenters. The molecule has 4 heteroatoms. The lowest BCUT2D eigenvalue weighted by molar-refractivity contribution is -0.137. The van der Waals surface area contributed by atoms with Crippen molar-refractivity contribution < 1.29 is 18.7 Å². The molecule has 3 nitrogen and oxygen atoms in total. The maximum Gasteiger partial charge on any atom is 0.307 e. The van der Waals surface area contributed by atoms with Crippen LogP contribution in [0.15, 0.2) is 23.5 Å². The summed E-state index contributed by atoms with van der Waals surface area (Å²) >= 11 is 0. The Morgan fingerprint density at radius 2 is 2.12 bits per heavy atom. The molecule has 130 valence electrons. The fourth-order valence-electron chi connectivity index (χ4n) is 5.99. The highest BCUT2D eigenvalue weighted by Crippen LogP contribution is 2.60. The second-order valence-corrected chi connectivity index (χ2v) is 8.24. The van der Waals surface area contributed by atoms with Crippen LogP contribution in [-0.4, -0.2) is 17.9 Å². The van der Waals surface area contributed by atoms with Gasteiger partial charge in [-0.3, -0.25) is 9.59 Å². The molecule has 0 radical (unpaired) electrons. The fraction of sp³-hybridized carbons (Fsp3) is 0.700. The number of ether oxygens (including phenoxy) is 1. The average molecular weight is 332 g/mol. The summed E-state index contributed by atoms with van der Waals surface area (Å²) in [6.45, 7) is 3.41. The van der Waals surface area contributed by atoms with Crippen molar-refractivity contribution in [3.05, 3.63) is 23.5 Å². The summed E-state index contributed by atoms with van der Waals surface area (Å²) < 4.78 is 20.4. The molecule has 4 aliphatic carbocycles. The van der Waals surface area contributed by atoms with E-state index < -0.39 is 11.6 Å². The number of alkyl halides is 1. The summed E-state index contributed by atoms with van der Waals surface area (Å²) in [7, 11) is 0. The van der Waals surface area contributed by atoms with Crippen LogP contribution in [0.5, 0.6) is 0 Å². The summed E-state index contributed by atoms with van der Waals surface area (Å²) in [6.07, 6.45) is 7.55. The molecule has 0 bridgehead atoms. The van der Waals surface area contributed by atoms with E-state index in [1.165, 1.54) is 6.92 Å². The fourth-order valence-corrected chi connectivity index (χ4v) is 5.99. The van der Waals surface area contributed by atoms with Gasteiger partial charge < -0.3 is 4.74 Å². The van der Waals surface area contributed by atoms with Crippen molar-refractivity contribution in [2.45, 2.75) is 58.5 Å². The normalized spacial score (nSPS) is 44.0. The van der Waals surface area contributed by atoms with Gasteiger partial charge in [-0.2, -0.15) is 0 Å². The largest absolute Gasteiger partial charge is 0.431 e. The smallest absolute Gasteiger partial charge is 0.307 e. The number of rotatable bonds is 1. The lowest BCUT2D eigenvalue weighted by atomic mass is 9.53. The molecule has 0 saturated heterocycles. The molecule has 0 aromatic heterocycles. The van der Waals surface area contributed by atoms with Gasteiger partial charge in [-0.15, -0.1) is 0 Å². The Balaban J connectivity index is 1.64. The lowest BCUT2D eigenvalue weighted by Gasteiger charge is -2.52. The van der Waals surface area contributed by atoms with Crippen LogP contribution in [0.2, 0.25) is 0 Å². The Kier molecular flexibility index (Phi) is 3.70. The van der Waals surface area contributed by atoms with Crippen LogP contribution in [0.3, 0.4) is 0 Å². The standard InChI is InChI=1S/C20H25FO3/c1-11(22)24-13-4-6-14-12(9-13)3-5-15-16-7-8-18(23)20(16,2)10-17(21)19(14)15/h3,9,14-17,19H,4-8,10H2,1-2H3/t14?,15?,16?,17-,19?,20?/m0/s1. The van der Waals surface area contributed by atoms with E-state index in [-0.39, 0.29) is 29.5 Å². The first-order chi connectivity index (χ1) is 11.4. The lowest BCUT2D eigenvalue weighted by Crippen LogP contribution is -2.51.